The van der Waals surface area contributed by atoms with Gasteiger partial charge in [0.25, 0.3) is 10.0 Å². The molecule has 28 heavy (non-hydrogen) atoms. The monoisotopic (exact) mass is 404 g/mol. The van der Waals surface area contributed by atoms with Gasteiger partial charge in [0, 0.05) is 12.6 Å². The van der Waals surface area contributed by atoms with E-state index in [0.717, 1.165) is 0 Å². The van der Waals surface area contributed by atoms with Gasteiger partial charge in [0.15, 0.2) is 0 Å². The Balaban J connectivity index is 1.91. The molecule has 1 heterocycles. The summed E-state index contributed by atoms with van der Waals surface area (Å²) in [6.45, 7) is 6.26. The molecule has 0 bridgehead atoms. The lowest BCUT2D eigenvalue weighted by Gasteiger charge is -2.26. The topological polar surface area (TPSA) is 84.9 Å². The highest BCUT2D eigenvalue weighted by Crippen LogP contribution is 2.38. The number of fused-ring (bicyclic) bond motifs is 1. The molecule has 2 aromatic rings. The lowest BCUT2D eigenvalue weighted by atomic mass is 9.93. The highest BCUT2D eigenvalue weighted by Gasteiger charge is 2.37. The van der Waals surface area contributed by atoms with Gasteiger partial charge in [-0.1, -0.05) is 0 Å². The van der Waals surface area contributed by atoms with Gasteiger partial charge >= 0.3 is 0 Å². The number of rotatable bonds is 5. The Bertz CT molecular complexity index is 984. The summed E-state index contributed by atoms with van der Waals surface area (Å²) >= 11 is 0. The number of anilines is 2. The highest BCUT2D eigenvalue weighted by molar-refractivity contribution is 7.92. The molecule has 0 aromatic heterocycles. The van der Waals surface area contributed by atoms with Gasteiger partial charge in [-0.15, -0.1) is 0 Å². The van der Waals surface area contributed by atoms with Crippen molar-refractivity contribution in [1.29, 1.82) is 0 Å². The maximum atomic E-state index is 12.7. The van der Waals surface area contributed by atoms with Crippen LogP contribution in [0.2, 0.25) is 0 Å². The largest absolute Gasteiger partial charge is 0.497 e. The van der Waals surface area contributed by atoms with Gasteiger partial charge in [-0.05, 0) is 57.2 Å². The zero-order chi connectivity index (χ0) is 20.5. The molecule has 0 atom stereocenters. The van der Waals surface area contributed by atoms with E-state index in [2.05, 4.69) is 4.72 Å². The molecule has 0 spiro atoms. The van der Waals surface area contributed by atoms with Crippen molar-refractivity contribution in [1.82, 2.24) is 0 Å². The number of carbonyl (C=O) groups is 1. The third-order valence-electron chi connectivity index (χ3n) is 4.60. The van der Waals surface area contributed by atoms with Gasteiger partial charge in [0.05, 0.1) is 28.8 Å². The van der Waals surface area contributed by atoms with Crippen LogP contribution in [-0.4, -0.2) is 34.6 Å². The van der Waals surface area contributed by atoms with E-state index < -0.39 is 15.4 Å². The summed E-state index contributed by atoms with van der Waals surface area (Å²) in [6, 6.07) is 11.0. The van der Waals surface area contributed by atoms with Crippen molar-refractivity contribution in [2.45, 2.75) is 25.7 Å². The lowest BCUT2D eigenvalue weighted by Crippen LogP contribution is -2.42. The molecule has 0 fully saturated rings. The van der Waals surface area contributed by atoms with Crippen LogP contribution in [0.3, 0.4) is 0 Å². The number of ether oxygens (including phenoxy) is 2. The molecule has 7 nitrogen and oxygen atoms in total. The Kier molecular flexibility index (Phi) is 5.25. The molecule has 1 aliphatic heterocycles. The smallest absolute Gasteiger partial charge is 0.261 e. The predicted octanol–water partition coefficient (Wildman–Crippen LogP) is 3.27. The molecule has 2 aromatic carbocycles. The first-order chi connectivity index (χ1) is 13.2. The van der Waals surface area contributed by atoms with Crippen LogP contribution in [0.4, 0.5) is 11.4 Å². The molecule has 0 saturated heterocycles. The van der Waals surface area contributed by atoms with Gasteiger partial charge < -0.3 is 14.4 Å². The second kappa shape index (κ2) is 7.35. The Labute approximate surface area is 165 Å². The average Bonchev–Trinajstić information content (AvgIpc) is 2.76. The third kappa shape index (κ3) is 3.77. The third-order valence-corrected chi connectivity index (χ3v) is 6.00. The number of benzene rings is 2. The van der Waals surface area contributed by atoms with Crippen LogP contribution >= 0.6 is 0 Å². The molecular weight excluding hydrogens is 380 g/mol. The number of sulfonamides is 1. The minimum Gasteiger partial charge on any atom is -0.497 e. The van der Waals surface area contributed by atoms with Gasteiger partial charge in [-0.2, -0.15) is 0 Å². The molecule has 0 radical (unpaired) electrons. The first kappa shape index (κ1) is 20.0. The molecule has 0 aliphatic carbocycles. The van der Waals surface area contributed by atoms with Crippen LogP contribution in [0.1, 0.15) is 20.8 Å². The summed E-state index contributed by atoms with van der Waals surface area (Å²) in [5.41, 5.74) is 0.320. The van der Waals surface area contributed by atoms with E-state index in [9.17, 15) is 13.2 Å². The Morgan fingerprint density at radius 3 is 2.46 bits per heavy atom. The zero-order valence-electron chi connectivity index (χ0n) is 16.4. The van der Waals surface area contributed by atoms with Gasteiger partial charge in [-0.25, -0.2) is 8.42 Å². The van der Waals surface area contributed by atoms with Crippen LogP contribution < -0.4 is 19.1 Å². The normalized spacial score (nSPS) is 16.0. The van der Waals surface area contributed by atoms with Crippen molar-refractivity contribution < 1.29 is 22.7 Å². The Hall–Kier alpha value is -2.74. The quantitative estimate of drug-likeness (QED) is 0.827. The zero-order valence-corrected chi connectivity index (χ0v) is 17.2. The second-order valence-electron chi connectivity index (χ2n) is 7.19. The summed E-state index contributed by atoms with van der Waals surface area (Å²) in [4.78, 5) is 14.5. The van der Waals surface area contributed by atoms with Gasteiger partial charge in [-0.3, -0.25) is 9.52 Å². The van der Waals surface area contributed by atoms with Crippen molar-refractivity contribution in [2.24, 2.45) is 5.41 Å². The molecule has 3 rings (SSSR count). The highest BCUT2D eigenvalue weighted by atomic mass is 32.2. The minimum absolute atomic E-state index is 0.0275. The second-order valence-corrected chi connectivity index (χ2v) is 8.87. The number of methoxy groups -OCH3 is 1. The number of carbonyl (C=O) groups excluding carboxylic acids is 1. The van der Waals surface area contributed by atoms with Crippen molar-refractivity contribution in [3.05, 3.63) is 42.5 Å². The summed E-state index contributed by atoms with van der Waals surface area (Å²) in [5.74, 6) is 1.01. The molecular formula is C20H24N2O5S. The van der Waals surface area contributed by atoms with Crippen molar-refractivity contribution >= 4 is 27.3 Å². The number of nitrogens with one attached hydrogen (secondary N) is 1. The van der Waals surface area contributed by atoms with Crippen LogP contribution in [0.15, 0.2) is 47.4 Å². The molecule has 0 saturated carbocycles. The fourth-order valence-corrected chi connectivity index (χ4v) is 4.04. The molecule has 1 N–H and O–H groups in total. The van der Waals surface area contributed by atoms with E-state index in [-0.39, 0.29) is 17.4 Å². The average molecular weight is 404 g/mol. The summed E-state index contributed by atoms with van der Waals surface area (Å²) in [7, 11) is -2.25. The van der Waals surface area contributed by atoms with Crippen molar-refractivity contribution in [3.63, 3.8) is 0 Å². The number of amides is 1. The fraction of sp³-hybridized carbons (Fsp3) is 0.350. The van der Waals surface area contributed by atoms with Crippen molar-refractivity contribution in [2.75, 3.05) is 29.9 Å². The molecule has 8 heteroatoms. The van der Waals surface area contributed by atoms with Crippen LogP contribution in [0.25, 0.3) is 0 Å². The van der Waals surface area contributed by atoms with E-state index >= 15 is 0 Å². The van der Waals surface area contributed by atoms with Gasteiger partial charge in [0.2, 0.25) is 5.91 Å². The van der Waals surface area contributed by atoms with Crippen LogP contribution in [-0.2, 0) is 14.8 Å². The maximum absolute atomic E-state index is 12.7. The van der Waals surface area contributed by atoms with E-state index in [1.54, 1.807) is 35.2 Å². The van der Waals surface area contributed by atoms with E-state index in [1.165, 1.54) is 19.2 Å². The Morgan fingerprint density at radius 1 is 1.18 bits per heavy atom. The van der Waals surface area contributed by atoms with E-state index in [0.29, 0.717) is 29.4 Å². The summed E-state index contributed by atoms with van der Waals surface area (Å²) in [5, 5.41) is 0. The molecule has 1 aliphatic rings. The van der Waals surface area contributed by atoms with Crippen LogP contribution in [0.5, 0.6) is 11.5 Å². The molecule has 0 unspecified atom stereocenters. The molecule has 1 amide bonds. The first-order valence-electron chi connectivity index (χ1n) is 8.93. The summed E-state index contributed by atoms with van der Waals surface area (Å²) < 4.78 is 38.8. The predicted molar refractivity (Wildman–Crippen MR) is 108 cm³/mol. The minimum atomic E-state index is -3.77. The Morgan fingerprint density at radius 2 is 1.86 bits per heavy atom. The lowest BCUT2D eigenvalue weighted by molar-refractivity contribution is -0.127. The van der Waals surface area contributed by atoms with Gasteiger partial charge in [0.1, 0.15) is 18.1 Å². The molecule has 150 valence electrons. The number of hydrogen-bond acceptors (Lipinski definition) is 5. The fourth-order valence-electron chi connectivity index (χ4n) is 2.99. The van der Waals surface area contributed by atoms with E-state index in [4.69, 9.17) is 9.47 Å². The standard InChI is InChI=1S/C20H24N2O5S/c1-5-22-17-11-6-14(12-18(17)27-13-20(2,3)19(22)23)21-28(24,25)16-9-7-15(26-4)8-10-16/h6-12,21H,5,13H2,1-4H3. The van der Waals surface area contributed by atoms with Crippen molar-refractivity contribution in [3.8, 4) is 11.5 Å². The SMILES string of the molecule is CCN1C(=O)C(C)(C)COc2cc(NS(=O)(=O)c3ccc(OC)cc3)ccc21. The first-order valence-corrected chi connectivity index (χ1v) is 10.4. The number of nitrogens with zero attached hydrogens (tertiary/aromatic N) is 1. The van der Waals surface area contributed by atoms with Crippen LogP contribution in [0, 0.1) is 5.41 Å². The number of hydrogen-bond donors (Lipinski definition) is 1. The van der Waals surface area contributed by atoms with E-state index in [1.807, 2.05) is 20.8 Å². The maximum Gasteiger partial charge on any atom is 0.261 e. The summed E-state index contributed by atoms with van der Waals surface area (Å²) in [6.07, 6.45) is 0.